The molecule has 0 saturated heterocycles. The molecule has 0 amide bonds. The molecule has 0 aliphatic heterocycles. The number of aromatic amines is 2. The van der Waals surface area contributed by atoms with Crippen molar-refractivity contribution >= 4 is 42.6 Å². The highest BCUT2D eigenvalue weighted by molar-refractivity contribution is 7.43. The van der Waals surface area contributed by atoms with Crippen LogP contribution in [0.15, 0.2) is 61.2 Å². The van der Waals surface area contributed by atoms with E-state index in [-0.39, 0.29) is 0 Å². The Hall–Kier alpha value is -0.720. The van der Waals surface area contributed by atoms with E-state index < -0.39 is 18.2 Å². The Labute approximate surface area is 143 Å². The summed E-state index contributed by atoms with van der Waals surface area (Å²) in [5, 5.41) is 0. The molecule has 0 atom stereocenters. The lowest BCUT2D eigenvalue weighted by Gasteiger charge is -2.29. The molecule has 6 nitrogen and oxygen atoms in total. The van der Waals surface area contributed by atoms with Gasteiger partial charge in [-0.25, -0.2) is 9.97 Å². The summed E-state index contributed by atoms with van der Waals surface area (Å²) in [6.45, 7) is -0.762. The van der Waals surface area contributed by atoms with Gasteiger partial charge in [-0.2, -0.15) is 0 Å². The van der Waals surface area contributed by atoms with Crippen molar-refractivity contribution in [1.29, 1.82) is 0 Å². The van der Waals surface area contributed by atoms with Crippen molar-refractivity contribution in [2.24, 2.45) is 0 Å². The Morgan fingerprint density at radius 3 is 1.32 bits per heavy atom. The highest BCUT2D eigenvalue weighted by Crippen LogP contribution is 2.33. The van der Waals surface area contributed by atoms with E-state index in [4.69, 9.17) is 34.8 Å². The molecule has 2 N–H and O–H groups in total. The van der Waals surface area contributed by atoms with Crippen LogP contribution in [-0.4, -0.2) is 10.4 Å². The smallest absolute Gasteiger partial charge is 0.213 e. The molecule has 0 aromatic carbocycles. The van der Waals surface area contributed by atoms with E-state index in [9.17, 15) is 14.4 Å². The Bertz CT molecular complexity index is 438. The number of hydrogen-bond acceptors (Lipinski definition) is 4. The van der Waals surface area contributed by atoms with E-state index >= 15 is 0 Å². The number of phosphoric acid groups is 1. The summed E-state index contributed by atoms with van der Waals surface area (Å²) in [6, 6.07) is 11.7. The first-order valence-electron chi connectivity index (χ1n) is 5.76. The number of rotatable bonds is 2. The molecule has 0 saturated carbocycles. The van der Waals surface area contributed by atoms with Gasteiger partial charge in [-0.3, -0.25) is 0 Å². The van der Waals surface area contributed by atoms with Crippen LogP contribution < -0.4 is 19.8 Å². The molecule has 10 heteroatoms. The predicted molar refractivity (Wildman–Crippen MR) is 79.8 cm³/mol. The van der Waals surface area contributed by atoms with Gasteiger partial charge < -0.3 is 18.9 Å². The van der Waals surface area contributed by atoms with E-state index in [0.29, 0.717) is 0 Å². The van der Waals surface area contributed by atoms with E-state index in [0.717, 1.165) is 0 Å². The van der Waals surface area contributed by atoms with E-state index in [1.807, 2.05) is 61.2 Å². The first-order chi connectivity index (χ1) is 10.2. The number of H-pyrrole nitrogens is 2. The van der Waals surface area contributed by atoms with Gasteiger partial charge in [-0.1, -0.05) is 46.9 Å². The quantitative estimate of drug-likeness (QED) is 0.571. The minimum Gasteiger partial charge on any atom is -0.790 e. The van der Waals surface area contributed by atoms with Crippen LogP contribution in [0.25, 0.3) is 0 Å². The SMILES string of the molecule is O=P([O-])([O-])OCC(Cl)(Cl)Cl.c1cc[nH+]cc1.c1cc[nH+]cc1. The number of aromatic nitrogens is 2. The Morgan fingerprint density at radius 1 is 0.864 bits per heavy atom. The second kappa shape index (κ2) is 11.8. The monoisotopic (exact) mass is 386 g/mol. The second-order valence-corrected chi connectivity index (χ2v) is 7.16. The molecule has 0 radical (unpaired) electrons. The highest BCUT2D eigenvalue weighted by atomic mass is 35.6. The average Bonchev–Trinajstić information content (AvgIpc) is 2.49. The van der Waals surface area contributed by atoms with Gasteiger partial charge in [0.15, 0.2) is 24.8 Å². The van der Waals surface area contributed by atoms with Crippen LogP contribution in [-0.2, 0) is 9.09 Å². The van der Waals surface area contributed by atoms with Crippen molar-refractivity contribution in [2.75, 3.05) is 6.61 Å². The van der Waals surface area contributed by atoms with Crippen LogP contribution in [0.3, 0.4) is 0 Å². The van der Waals surface area contributed by atoms with Gasteiger partial charge >= 0.3 is 0 Å². The molecule has 2 rings (SSSR count). The zero-order chi connectivity index (χ0) is 16.9. The summed E-state index contributed by atoms with van der Waals surface area (Å²) in [7, 11) is -5.02. The fourth-order valence-corrected chi connectivity index (χ4v) is 1.58. The number of phosphoric ester groups is 1. The minimum atomic E-state index is -5.02. The second-order valence-electron chi connectivity index (χ2n) is 3.49. The molecule has 0 unspecified atom stereocenters. The molecule has 22 heavy (non-hydrogen) atoms. The Kier molecular flexibility index (Phi) is 11.4. The molecule has 0 aliphatic rings. The van der Waals surface area contributed by atoms with Crippen LogP contribution in [0.5, 0.6) is 0 Å². The maximum atomic E-state index is 9.75. The van der Waals surface area contributed by atoms with Crippen molar-refractivity contribution < 1.29 is 28.8 Å². The Morgan fingerprint density at radius 2 is 1.23 bits per heavy atom. The maximum Gasteiger partial charge on any atom is 0.213 e. The van der Waals surface area contributed by atoms with Gasteiger partial charge in [-0.05, 0) is 0 Å². The lowest BCUT2D eigenvalue weighted by molar-refractivity contribution is -0.378. The van der Waals surface area contributed by atoms with E-state index in [2.05, 4.69) is 14.5 Å². The lowest BCUT2D eigenvalue weighted by Crippen LogP contribution is -2.21. The molecule has 0 fully saturated rings. The maximum absolute atomic E-state index is 9.75. The highest BCUT2D eigenvalue weighted by Gasteiger charge is 2.20. The fraction of sp³-hybridized carbons (Fsp3) is 0.167. The summed E-state index contributed by atoms with van der Waals surface area (Å²) >= 11 is 15.1. The first kappa shape index (κ1) is 21.3. The van der Waals surface area contributed by atoms with Gasteiger partial charge in [-0.15, -0.1) is 0 Å². The number of alkyl halides is 3. The molecule has 0 bridgehead atoms. The topological polar surface area (TPSA) is 101 Å². The van der Waals surface area contributed by atoms with Crippen molar-refractivity contribution in [1.82, 2.24) is 0 Å². The summed E-state index contributed by atoms with van der Waals surface area (Å²) in [6.07, 6.45) is 7.50. The average molecular weight is 388 g/mol. The van der Waals surface area contributed by atoms with Gasteiger partial charge in [0.1, 0.15) is 0 Å². The molecular formula is C12H14Cl3N2O4P. The summed E-state index contributed by atoms with van der Waals surface area (Å²) in [4.78, 5) is 25.3. The molecule has 0 spiro atoms. The third kappa shape index (κ3) is 19.3. The molecule has 2 heterocycles. The van der Waals surface area contributed by atoms with Gasteiger partial charge in [0.2, 0.25) is 3.79 Å². The van der Waals surface area contributed by atoms with Crippen molar-refractivity contribution in [3.63, 3.8) is 0 Å². The zero-order valence-electron chi connectivity index (χ0n) is 11.2. The van der Waals surface area contributed by atoms with Crippen molar-refractivity contribution in [3.05, 3.63) is 61.2 Å². The standard InChI is InChI=1S/2C5H5N.C2H4Cl3O4P/c2*1-2-4-6-5-3-1;3-2(4,5)1-9-10(6,7)8/h2*1-5H;1H2,(H2,6,7,8). The predicted octanol–water partition coefficient (Wildman–Crippen LogP) is 1.20. The normalized spacial score (nSPS) is 10.6. The third-order valence-electron chi connectivity index (χ3n) is 1.60. The fourth-order valence-electron chi connectivity index (χ4n) is 0.836. The van der Waals surface area contributed by atoms with Crippen molar-refractivity contribution in [3.8, 4) is 0 Å². The van der Waals surface area contributed by atoms with Crippen LogP contribution in [0.2, 0.25) is 0 Å². The first-order valence-corrected chi connectivity index (χ1v) is 8.36. The molecular weight excluding hydrogens is 373 g/mol. The van der Waals surface area contributed by atoms with Crippen LogP contribution in [0.1, 0.15) is 0 Å². The van der Waals surface area contributed by atoms with Gasteiger partial charge in [0, 0.05) is 24.3 Å². The molecule has 0 aliphatic carbocycles. The number of hydrogen-bond donors (Lipinski definition) is 0. The van der Waals surface area contributed by atoms with Crippen LogP contribution in [0.4, 0.5) is 0 Å². The van der Waals surface area contributed by atoms with Gasteiger partial charge in [0.05, 0.1) is 14.4 Å². The summed E-state index contributed by atoms with van der Waals surface area (Å²) < 4.78 is 11.5. The van der Waals surface area contributed by atoms with Crippen molar-refractivity contribution in [2.45, 2.75) is 3.79 Å². The summed E-state index contributed by atoms with van der Waals surface area (Å²) in [5.74, 6) is 0. The lowest BCUT2D eigenvalue weighted by atomic mass is 10.5. The Balaban J connectivity index is 0.000000315. The third-order valence-corrected chi connectivity index (χ3v) is 2.37. The molecule has 122 valence electrons. The number of halogens is 3. The van der Waals surface area contributed by atoms with E-state index in [1.165, 1.54) is 0 Å². The number of pyridine rings is 2. The minimum absolute atomic E-state index is 0.762. The summed E-state index contributed by atoms with van der Waals surface area (Å²) in [5.41, 5.74) is 0. The number of nitrogens with one attached hydrogen (secondary N) is 2. The largest absolute Gasteiger partial charge is 0.790 e. The molecule has 2 aromatic rings. The zero-order valence-corrected chi connectivity index (χ0v) is 14.4. The van der Waals surface area contributed by atoms with Gasteiger partial charge in [0.25, 0.3) is 0 Å². The van der Waals surface area contributed by atoms with Crippen LogP contribution in [0, 0.1) is 0 Å². The molecule has 2 aromatic heterocycles. The van der Waals surface area contributed by atoms with Crippen LogP contribution >= 0.6 is 42.6 Å². The van der Waals surface area contributed by atoms with E-state index in [1.54, 1.807) is 0 Å².